The Hall–Kier alpha value is -1.64. The lowest BCUT2D eigenvalue weighted by molar-refractivity contribution is 0.0938. The zero-order chi connectivity index (χ0) is 21.3. The number of ether oxygens (including phenoxy) is 1. The second-order valence-corrected chi connectivity index (χ2v) is 6.78. The molecule has 1 amide bonds. The van der Waals surface area contributed by atoms with Crippen LogP contribution >= 0.6 is 0 Å². The summed E-state index contributed by atoms with van der Waals surface area (Å²) in [5.74, 6) is -0.491. The normalized spacial score (nSPS) is 23.2. The quantitative estimate of drug-likeness (QED) is 0.783. The highest BCUT2D eigenvalue weighted by Gasteiger charge is 2.24. The zero-order valence-electron chi connectivity index (χ0n) is 17.7. The van der Waals surface area contributed by atoms with Gasteiger partial charge in [-0.1, -0.05) is 6.85 Å². The first-order chi connectivity index (χ1) is 12.8. The molecule has 0 aliphatic carbocycles. The van der Waals surface area contributed by atoms with Crippen LogP contribution in [0.5, 0.6) is 5.75 Å². The highest BCUT2D eigenvalue weighted by atomic mass is 32.2. The van der Waals surface area contributed by atoms with Gasteiger partial charge in [0.1, 0.15) is 5.75 Å². The average molecular weight is 346 g/mol. The Bertz CT molecular complexity index is 845. The predicted molar refractivity (Wildman–Crippen MR) is 87.0 cm³/mol. The van der Waals surface area contributed by atoms with Crippen molar-refractivity contribution in [3.8, 4) is 5.75 Å². The number of nitrogens with two attached hydrogens (primary N) is 1. The molecule has 1 aliphatic rings. The number of primary sulfonamides is 1. The number of amides is 1. The number of benzene rings is 1. The van der Waals surface area contributed by atoms with Gasteiger partial charge in [-0.2, -0.15) is 0 Å². The van der Waals surface area contributed by atoms with Crippen molar-refractivity contribution in [2.24, 2.45) is 5.14 Å². The molecule has 1 unspecified atom stereocenters. The number of nitrogens with zero attached hydrogens (tertiary/aromatic N) is 1. The molecule has 7 nitrogen and oxygen atoms in total. The minimum absolute atomic E-state index is 0.00280. The van der Waals surface area contributed by atoms with Crippen molar-refractivity contribution in [1.29, 1.82) is 0 Å². The molecule has 1 aromatic rings. The summed E-state index contributed by atoms with van der Waals surface area (Å²) >= 11 is 0. The summed E-state index contributed by atoms with van der Waals surface area (Å²) in [7, 11) is -2.69. The van der Waals surface area contributed by atoms with E-state index < -0.39 is 35.3 Å². The molecule has 1 heterocycles. The number of carbonyl (C=O) groups is 1. The second-order valence-electron chi connectivity index (χ2n) is 5.22. The Morgan fingerprint density at radius 1 is 1.61 bits per heavy atom. The largest absolute Gasteiger partial charge is 0.496 e. The third kappa shape index (κ3) is 4.21. The van der Waals surface area contributed by atoms with Gasteiger partial charge in [0.25, 0.3) is 5.91 Å². The highest BCUT2D eigenvalue weighted by Crippen LogP contribution is 2.22. The van der Waals surface area contributed by atoms with E-state index >= 15 is 0 Å². The van der Waals surface area contributed by atoms with E-state index in [4.69, 9.17) is 16.7 Å². The fourth-order valence-corrected chi connectivity index (χ4v) is 3.08. The number of sulfonamides is 1. The van der Waals surface area contributed by atoms with Crippen LogP contribution in [-0.2, 0) is 10.0 Å². The minimum Gasteiger partial charge on any atom is -0.496 e. The minimum atomic E-state index is -4.01. The monoisotopic (exact) mass is 346 g/mol. The Morgan fingerprint density at radius 2 is 2.39 bits per heavy atom. The molecule has 0 bridgehead atoms. The summed E-state index contributed by atoms with van der Waals surface area (Å²) in [4.78, 5) is 13.5. The van der Waals surface area contributed by atoms with Crippen LogP contribution in [0, 0.1) is 0 Å². The molecule has 3 N–H and O–H groups in total. The molecule has 23 heavy (non-hydrogen) atoms. The van der Waals surface area contributed by atoms with Crippen LogP contribution < -0.4 is 15.2 Å². The number of hydrogen-bond acceptors (Lipinski definition) is 5. The van der Waals surface area contributed by atoms with Crippen LogP contribution in [0.2, 0.25) is 0 Å². The van der Waals surface area contributed by atoms with Gasteiger partial charge in [0.05, 0.1) is 17.6 Å². The molecule has 2 rings (SSSR count). The Kier molecular flexibility index (Phi) is 3.75. The van der Waals surface area contributed by atoms with Crippen LogP contribution in [0.15, 0.2) is 23.1 Å². The number of hydrogen-bond donors (Lipinski definition) is 2. The number of rotatable bonds is 6. The van der Waals surface area contributed by atoms with Gasteiger partial charge >= 0.3 is 0 Å². The van der Waals surface area contributed by atoms with Gasteiger partial charge in [0.15, 0.2) is 0 Å². The molecule has 0 radical (unpaired) electrons. The number of likely N-dealkylation sites (tertiary alicyclic amines) is 1. The van der Waals surface area contributed by atoms with Crippen molar-refractivity contribution >= 4 is 15.9 Å². The first kappa shape index (κ1) is 11.8. The predicted octanol–water partition coefficient (Wildman–Crippen LogP) is 0.557. The SMILES string of the molecule is [2H]C([2H])([2H])C([2H])([2H])N1CCCC1CNC(=O)c1cc(S(N)(=O)=O)ccc1OC. The van der Waals surface area contributed by atoms with Crippen molar-refractivity contribution in [2.45, 2.75) is 30.6 Å². The van der Waals surface area contributed by atoms with Gasteiger partial charge < -0.3 is 10.1 Å². The van der Waals surface area contributed by atoms with E-state index in [9.17, 15) is 13.2 Å². The third-order valence-electron chi connectivity index (χ3n) is 3.76. The molecule has 128 valence electrons. The van der Waals surface area contributed by atoms with Crippen molar-refractivity contribution in [3.05, 3.63) is 23.8 Å². The van der Waals surface area contributed by atoms with Crippen molar-refractivity contribution < 1.29 is 24.8 Å². The third-order valence-corrected chi connectivity index (χ3v) is 4.67. The van der Waals surface area contributed by atoms with E-state index in [1.54, 1.807) is 0 Å². The van der Waals surface area contributed by atoms with Crippen LogP contribution in [-0.4, -0.2) is 52.0 Å². The zero-order valence-corrected chi connectivity index (χ0v) is 13.5. The average Bonchev–Trinajstić information content (AvgIpc) is 3.06. The summed E-state index contributed by atoms with van der Waals surface area (Å²) in [6.07, 6.45) is 1.12. The van der Waals surface area contributed by atoms with Gasteiger partial charge in [-0.05, 0) is 44.1 Å². The Balaban J connectivity index is 2.18. The molecule has 1 fully saturated rings. The molecular weight excluding hydrogens is 318 g/mol. The number of likely N-dealkylation sites (N-methyl/N-ethyl adjacent to an activating group) is 1. The Morgan fingerprint density at radius 3 is 3.04 bits per heavy atom. The topological polar surface area (TPSA) is 102 Å². The van der Waals surface area contributed by atoms with E-state index in [0.717, 1.165) is 6.07 Å². The van der Waals surface area contributed by atoms with Gasteiger partial charge in [0, 0.05) is 19.4 Å². The molecule has 1 aromatic carbocycles. The maximum absolute atomic E-state index is 12.6. The number of nitrogens with one attached hydrogen (secondary N) is 1. The highest BCUT2D eigenvalue weighted by molar-refractivity contribution is 7.89. The summed E-state index contributed by atoms with van der Waals surface area (Å²) in [5, 5.41) is 7.70. The van der Waals surface area contributed by atoms with Gasteiger partial charge in [-0.15, -0.1) is 0 Å². The van der Waals surface area contributed by atoms with Gasteiger partial charge in [-0.3, -0.25) is 9.69 Å². The fraction of sp³-hybridized carbons (Fsp3) is 0.533. The van der Waals surface area contributed by atoms with Gasteiger partial charge in [-0.25, -0.2) is 13.6 Å². The lowest BCUT2D eigenvalue weighted by Gasteiger charge is -2.23. The first-order valence-electron chi connectivity index (χ1n) is 9.55. The summed E-state index contributed by atoms with van der Waals surface area (Å²) in [5.41, 5.74) is -0.0441. The Labute approximate surface area is 143 Å². The summed E-state index contributed by atoms with van der Waals surface area (Å²) < 4.78 is 66.3. The molecule has 0 saturated carbocycles. The standard InChI is InChI=1S/C15H23N3O4S/c1-3-18-8-4-5-11(18)10-17-15(19)13-9-12(23(16,20)21)6-7-14(13)22-2/h6-7,9,11H,3-5,8,10H2,1-2H3,(H,17,19)(H2,16,20,21)/i1D3,3D2. The molecule has 8 heteroatoms. The maximum Gasteiger partial charge on any atom is 0.255 e. The molecule has 1 saturated heterocycles. The molecule has 1 atom stereocenters. The molecular formula is C15H23N3O4S. The van der Waals surface area contributed by atoms with E-state index in [-0.39, 0.29) is 29.3 Å². The molecule has 1 aliphatic heterocycles. The smallest absolute Gasteiger partial charge is 0.255 e. The summed E-state index contributed by atoms with van der Waals surface area (Å²) in [6.45, 7) is -5.09. The fourth-order valence-electron chi connectivity index (χ4n) is 2.54. The number of methoxy groups -OCH3 is 1. The second kappa shape index (κ2) is 7.29. The van der Waals surface area contributed by atoms with E-state index in [0.29, 0.717) is 12.8 Å². The first-order valence-corrected chi connectivity index (χ1v) is 8.59. The maximum atomic E-state index is 12.6. The van der Waals surface area contributed by atoms with E-state index in [2.05, 4.69) is 5.32 Å². The number of carbonyl (C=O) groups excluding carboxylic acids is 1. The lowest BCUT2D eigenvalue weighted by Crippen LogP contribution is -2.40. The van der Waals surface area contributed by atoms with Gasteiger partial charge in [0.2, 0.25) is 10.0 Å². The molecule has 0 aromatic heterocycles. The van der Waals surface area contributed by atoms with E-state index in [1.807, 2.05) is 0 Å². The van der Waals surface area contributed by atoms with Crippen molar-refractivity contribution in [3.63, 3.8) is 0 Å². The van der Waals surface area contributed by atoms with Crippen LogP contribution in [0.1, 0.15) is 36.9 Å². The van der Waals surface area contributed by atoms with Crippen LogP contribution in [0.3, 0.4) is 0 Å². The van der Waals surface area contributed by atoms with Crippen LogP contribution in [0.25, 0.3) is 0 Å². The van der Waals surface area contributed by atoms with E-state index in [1.165, 1.54) is 24.1 Å². The lowest BCUT2D eigenvalue weighted by atomic mass is 10.1. The van der Waals surface area contributed by atoms with Crippen LogP contribution in [0.4, 0.5) is 0 Å². The van der Waals surface area contributed by atoms with Crippen molar-refractivity contribution in [1.82, 2.24) is 10.2 Å². The molecule has 0 spiro atoms. The summed E-state index contributed by atoms with van der Waals surface area (Å²) in [6, 6.07) is 3.11. The van der Waals surface area contributed by atoms with Crippen molar-refractivity contribution in [2.75, 3.05) is 26.7 Å².